The molecule has 2 aromatic rings. The van der Waals surface area contributed by atoms with Crippen LogP contribution in [0.4, 0.5) is 17.1 Å². The number of nitrogens with one attached hydrogen (secondary N) is 2. The van der Waals surface area contributed by atoms with Crippen LogP contribution >= 0.6 is 0 Å². The van der Waals surface area contributed by atoms with Gasteiger partial charge in [-0.25, -0.2) is 0 Å². The fourth-order valence-corrected chi connectivity index (χ4v) is 2.26. The molecule has 0 spiro atoms. The first kappa shape index (κ1) is 14.9. The van der Waals surface area contributed by atoms with Crippen molar-refractivity contribution in [1.82, 2.24) is 5.32 Å². The summed E-state index contributed by atoms with van der Waals surface area (Å²) in [5, 5.41) is 5.98. The van der Waals surface area contributed by atoms with E-state index in [9.17, 15) is 4.79 Å². The van der Waals surface area contributed by atoms with Crippen LogP contribution in [0, 0.1) is 0 Å². The third-order valence-corrected chi connectivity index (χ3v) is 3.37. The second-order valence-corrected chi connectivity index (χ2v) is 5.25. The van der Waals surface area contributed by atoms with Gasteiger partial charge in [-0.3, -0.25) is 4.79 Å². The van der Waals surface area contributed by atoms with Crippen molar-refractivity contribution in [2.24, 2.45) is 0 Å². The summed E-state index contributed by atoms with van der Waals surface area (Å²) in [4.78, 5) is 12.0. The van der Waals surface area contributed by atoms with E-state index in [-0.39, 0.29) is 5.91 Å². The van der Waals surface area contributed by atoms with E-state index in [1.165, 1.54) is 5.56 Å². The highest BCUT2D eigenvalue weighted by Gasteiger charge is 2.12. The summed E-state index contributed by atoms with van der Waals surface area (Å²) in [7, 11) is 1.62. The molecule has 0 heterocycles. The van der Waals surface area contributed by atoms with Crippen LogP contribution in [-0.2, 0) is 0 Å². The lowest BCUT2D eigenvalue weighted by Gasteiger charge is -2.17. The maximum Gasteiger partial charge on any atom is 0.253 e. The van der Waals surface area contributed by atoms with Crippen molar-refractivity contribution in [3.05, 3.63) is 53.6 Å². The molecule has 0 aliphatic rings. The maximum atomic E-state index is 12.0. The minimum absolute atomic E-state index is 0.139. The van der Waals surface area contributed by atoms with Gasteiger partial charge in [-0.1, -0.05) is 32.0 Å². The molecule has 0 radical (unpaired) electrons. The molecule has 21 heavy (non-hydrogen) atoms. The van der Waals surface area contributed by atoms with Crippen LogP contribution in [0.15, 0.2) is 42.5 Å². The zero-order valence-corrected chi connectivity index (χ0v) is 12.6. The SMILES string of the molecule is CNC(=O)c1ccc(N)cc1Nc1ccccc1C(C)C. The Labute approximate surface area is 125 Å². The molecule has 4 heteroatoms. The van der Waals surface area contributed by atoms with E-state index < -0.39 is 0 Å². The van der Waals surface area contributed by atoms with Crippen molar-refractivity contribution < 1.29 is 4.79 Å². The number of nitrogen functional groups attached to an aromatic ring is 1. The third-order valence-electron chi connectivity index (χ3n) is 3.37. The van der Waals surface area contributed by atoms with Gasteiger partial charge in [0.05, 0.1) is 11.3 Å². The van der Waals surface area contributed by atoms with Gasteiger partial charge in [0.25, 0.3) is 5.91 Å². The molecule has 0 unspecified atom stereocenters. The van der Waals surface area contributed by atoms with Crippen LogP contribution in [0.25, 0.3) is 0 Å². The molecule has 0 aliphatic heterocycles. The van der Waals surface area contributed by atoms with Crippen molar-refractivity contribution in [3.8, 4) is 0 Å². The lowest BCUT2D eigenvalue weighted by Crippen LogP contribution is -2.19. The van der Waals surface area contributed by atoms with Crippen LogP contribution < -0.4 is 16.4 Å². The number of anilines is 3. The topological polar surface area (TPSA) is 67.2 Å². The van der Waals surface area contributed by atoms with Crippen molar-refractivity contribution in [3.63, 3.8) is 0 Å². The number of rotatable bonds is 4. The van der Waals surface area contributed by atoms with Gasteiger partial charge in [0.15, 0.2) is 0 Å². The second kappa shape index (κ2) is 6.31. The summed E-state index contributed by atoms with van der Waals surface area (Å²) in [5.74, 6) is 0.248. The smallest absolute Gasteiger partial charge is 0.253 e. The number of benzene rings is 2. The fraction of sp³-hybridized carbons (Fsp3) is 0.235. The van der Waals surface area contributed by atoms with Crippen molar-refractivity contribution in [1.29, 1.82) is 0 Å². The molecular formula is C17H21N3O. The Morgan fingerprint density at radius 3 is 2.48 bits per heavy atom. The summed E-state index contributed by atoms with van der Waals surface area (Å²) in [6.45, 7) is 4.28. The molecule has 0 saturated carbocycles. The van der Waals surface area contributed by atoms with Gasteiger partial charge in [0.1, 0.15) is 0 Å². The van der Waals surface area contributed by atoms with Crippen LogP contribution in [0.3, 0.4) is 0 Å². The normalized spacial score (nSPS) is 10.5. The zero-order chi connectivity index (χ0) is 15.4. The Hall–Kier alpha value is -2.49. The highest BCUT2D eigenvalue weighted by molar-refractivity contribution is 6.00. The van der Waals surface area contributed by atoms with Gasteiger partial charge in [-0.15, -0.1) is 0 Å². The molecular weight excluding hydrogens is 262 g/mol. The summed E-state index contributed by atoms with van der Waals surface area (Å²) in [5.41, 5.74) is 9.94. The minimum atomic E-state index is -0.139. The molecule has 4 nitrogen and oxygen atoms in total. The number of carbonyl (C=O) groups excluding carboxylic acids is 1. The van der Waals surface area contributed by atoms with Gasteiger partial charge in [0.2, 0.25) is 0 Å². The average molecular weight is 283 g/mol. The minimum Gasteiger partial charge on any atom is -0.399 e. The van der Waals surface area contributed by atoms with E-state index in [2.05, 4.69) is 30.5 Å². The van der Waals surface area contributed by atoms with Crippen LogP contribution in [-0.4, -0.2) is 13.0 Å². The van der Waals surface area contributed by atoms with Gasteiger partial charge in [0, 0.05) is 18.4 Å². The molecule has 2 aromatic carbocycles. The summed E-state index contributed by atoms with van der Waals surface area (Å²) < 4.78 is 0. The number of amides is 1. The van der Waals surface area contributed by atoms with Gasteiger partial charge >= 0.3 is 0 Å². The summed E-state index contributed by atoms with van der Waals surface area (Å²) >= 11 is 0. The van der Waals surface area contributed by atoms with E-state index >= 15 is 0 Å². The summed E-state index contributed by atoms with van der Waals surface area (Å²) in [6, 6.07) is 13.3. The fourth-order valence-electron chi connectivity index (χ4n) is 2.26. The molecule has 0 aromatic heterocycles. The van der Waals surface area contributed by atoms with E-state index in [1.807, 2.05) is 18.2 Å². The van der Waals surface area contributed by atoms with Crippen molar-refractivity contribution in [2.75, 3.05) is 18.1 Å². The standard InChI is InChI=1S/C17H21N3O/c1-11(2)13-6-4-5-7-15(13)20-16-10-12(18)8-9-14(16)17(21)19-3/h4-11,20H,18H2,1-3H3,(H,19,21). The molecule has 1 amide bonds. The van der Waals surface area contributed by atoms with Crippen LogP contribution in [0.2, 0.25) is 0 Å². The van der Waals surface area contributed by atoms with E-state index in [0.717, 1.165) is 5.69 Å². The second-order valence-electron chi connectivity index (χ2n) is 5.25. The highest BCUT2D eigenvalue weighted by atomic mass is 16.1. The predicted molar refractivity (Wildman–Crippen MR) is 88.1 cm³/mol. The van der Waals surface area contributed by atoms with Gasteiger partial charge in [-0.2, -0.15) is 0 Å². The Morgan fingerprint density at radius 1 is 1.10 bits per heavy atom. The first-order valence-corrected chi connectivity index (χ1v) is 7.00. The number of hydrogen-bond donors (Lipinski definition) is 3. The van der Waals surface area contributed by atoms with Crippen molar-refractivity contribution >= 4 is 23.0 Å². The Balaban J connectivity index is 2.44. The quantitative estimate of drug-likeness (QED) is 0.752. The van der Waals surface area contributed by atoms with Gasteiger partial charge < -0.3 is 16.4 Å². The largest absolute Gasteiger partial charge is 0.399 e. The molecule has 4 N–H and O–H groups in total. The van der Waals surface area contributed by atoms with Gasteiger partial charge in [-0.05, 0) is 35.7 Å². The van der Waals surface area contributed by atoms with E-state index in [4.69, 9.17) is 5.73 Å². The molecule has 0 fully saturated rings. The van der Waals surface area contributed by atoms with Crippen LogP contribution in [0.1, 0.15) is 35.7 Å². The monoisotopic (exact) mass is 283 g/mol. The number of hydrogen-bond acceptors (Lipinski definition) is 3. The number of nitrogens with two attached hydrogens (primary N) is 1. The molecule has 2 rings (SSSR count). The number of para-hydroxylation sites is 1. The average Bonchev–Trinajstić information content (AvgIpc) is 2.47. The molecule has 110 valence electrons. The molecule has 0 saturated heterocycles. The highest BCUT2D eigenvalue weighted by Crippen LogP contribution is 2.29. The Kier molecular flexibility index (Phi) is 4.48. The third kappa shape index (κ3) is 3.34. The van der Waals surface area contributed by atoms with Crippen LogP contribution in [0.5, 0.6) is 0 Å². The number of carbonyl (C=O) groups is 1. The first-order chi connectivity index (χ1) is 10.0. The molecule has 0 atom stereocenters. The van der Waals surface area contributed by atoms with E-state index in [1.54, 1.807) is 25.2 Å². The van der Waals surface area contributed by atoms with Crippen molar-refractivity contribution in [2.45, 2.75) is 19.8 Å². The van der Waals surface area contributed by atoms with E-state index in [0.29, 0.717) is 22.9 Å². The predicted octanol–water partition coefficient (Wildman–Crippen LogP) is 3.50. The zero-order valence-electron chi connectivity index (χ0n) is 12.6. The molecule has 0 aliphatic carbocycles. The first-order valence-electron chi connectivity index (χ1n) is 7.00. The Morgan fingerprint density at radius 2 is 1.81 bits per heavy atom. The Bertz CT molecular complexity index is 650. The lowest BCUT2D eigenvalue weighted by atomic mass is 10.0. The summed E-state index contributed by atoms with van der Waals surface area (Å²) in [6.07, 6.45) is 0. The maximum absolute atomic E-state index is 12.0. The molecule has 0 bridgehead atoms. The lowest BCUT2D eigenvalue weighted by molar-refractivity contribution is 0.0964.